The first-order valence-corrected chi connectivity index (χ1v) is 13.2. The van der Waals surface area contributed by atoms with E-state index in [4.69, 9.17) is 11.8 Å². The van der Waals surface area contributed by atoms with Crippen molar-refractivity contribution in [3.8, 4) is 0 Å². The molecule has 0 aromatic heterocycles. The van der Waals surface area contributed by atoms with Gasteiger partial charge >= 0.3 is 151 Å². The van der Waals surface area contributed by atoms with Crippen molar-refractivity contribution in [1.29, 1.82) is 0 Å². The molecule has 0 saturated carbocycles. The van der Waals surface area contributed by atoms with E-state index in [2.05, 4.69) is 74.5 Å². The van der Waals surface area contributed by atoms with Gasteiger partial charge in [0.2, 0.25) is 0 Å². The van der Waals surface area contributed by atoms with Crippen molar-refractivity contribution < 1.29 is 0 Å². The van der Waals surface area contributed by atoms with E-state index in [0.717, 1.165) is 10.7 Å². The molecule has 2 aliphatic heterocycles. The Hall–Kier alpha value is -0.651. The summed E-state index contributed by atoms with van der Waals surface area (Å²) in [4.78, 5) is 0.701. The van der Waals surface area contributed by atoms with Crippen LogP contribution >= 0.6 is 6.04 Å². The Morgan fingerprint density at radius 1 is 0.913 bits per heavy atom. The van der Waals surface area contributed by atoms with E-state index in [1.165, 1.54) is 11.1 Å². The van der Waals surface area contributed by atoms with Crippen molar-refractivity contribution in [1.82, 2.24) is 0 Å². The van der Waals surface area contributed by atoms with Crippen LogP contribution in [0.4, 0.5) is 0 Å². The summed E-state index contributed by atoms with van der Waals surface area (Å²) in [6.45, 7) is 4.71. The molecule has 118 valence electrons. The summed E-state index contributed by atoms with van der Waals surface area (Å²) in [6.07, 6.45) is 1.14. The fourth-order valence-electron chi connectivity index (χ4n) is 4.06. The van der Waals surface area contributed by atoms with Gasteiger partial charge < -0.3 is 0 Å². The molecule has 2 aromatic carbocycles. The summed E-state index contributed by atoms with van der Waals surface area (Å²) < 4.78 is 0.723. The van der Waals surface area contributed by atoms with Gasteiger partial charge in [-0.2, -0.15) is 0 Å². The summed E-state index contributed by atoms with van der Waals surface area (Å²) in [6, 6.07) is 20.7. The van der Waals surface area contributed by atoms with Crippen LogP contribution in [0.1, 0.15) is 29.8 Å². The second kappa shape index (κ2) is 6.01. The topological polar surface area (TPSA) is 0 Å². The molecule has 2 aliphatic rings. The van der Waals surface area contributed by atoms with Gasteiger partial charge in [-0.05, 0) is 0 Å². The van der Waals surface area contributed by atoms with Crippen molar-refractivity contribution in [3.63, 3.8) is 0 Å². The summed E-state index contributed by atoms with van der Waals surface area (Å²) in [5.41, 5.74) is 6.87. The van der Waals surface area contributed by atoms with Gasteiger partial charge in [0.25, 0.3) is 0 Å². The molecule has 0 nitrogen and oxygen atoms in total. The monoisotopic (exact) mass is 404 g/mol. The molecule has 3 heteroatoms. The van der Waals surface area contributed by atoms with Gasteiger partial charge in [-0.3, -0.25) is 0 Å². The van der Waals surface area contributed by atoms with E-state index >= 15 is 0 Å². The number of benzene rings is 2. The van der Waals surface area contributed by atoms with Crippen LogP contribution in [-0.2, 0) is 18.0 Å². The zero-order chi connectivity index (χ0) is 16.0. The van der Waals surface area contributed by atoms with Gasteiger partial charge in [0.15, 0.2) is 0 Å². The zero-order valence-electron chi connectivity index (χ0n) is 13.5. The van der Waals surface area contributed by atoms with E-state index in [9.17, 15) is 0 Å². The molecular weight excluding hydrogens is 382 g/mol. The Bertz CT molecular complexity index is 797. The van der Waals surface area contributed by atoms with E-state index in [0.29, 0.717) is 25.4 Å². The fraction of sp³-hybridized carbons (Fsp3) is 0.300. The van der Waals surface area contributed by atoms with Gasteiger partial charge in [0.05, 0.1) is 0 Å². The minimum absolute atomic E-state index is 0.611. The van der Waals surface area contributed by atoms with Crippen LogP contribution in [0, 0.1) is 0 Å². The first kappa shape index (κ1) is 15.9. The molecule has 1 fully saturated rings. The summed E-state index contributed by atoms with van der Waals surface area (Å²) in [5, 5.41) is 0. The fourth-order valence-corrected chi connectivity index (χ4v) is 18.9. The third-order valence-electron chi connectivity index (χ3n) is 5.27. The first-order chi connectivity index (χ1) is 11.1. The second-order valence-corrected chi connectivity index (χ2v) is 15.2. The molecule has 0 aliphatic carbocycles. The van der Waals surface area contributed by atoms with E-state index in [1.54, 1.807) is 11.1 Å². The van der Waals surface area contributed by atoms with Gasteiger partial charge in [-0.15, -0.1) is 0 Å². The Morgan fingerprint density at radius 2 is 1.52 bits per heavy atom. The molecule has 2 aromatic rings. The van der Waals surface area contributed by atoms with Crippen molar-refractivity contribution in [2.24, 2.45) is 0 Å². The maximum absolute atomic E-state index is 6.47. The van der Waals surface area contributed by atoms with Gasteiger partial charge in [0.1, 0.15) is 0 Å². The SMILES string of the molecule is CC1=C(C)[C@@H]2[C@H](c3ccccc3)[Se][C@H]1P2(=S)Cc1ccccc1. The van der Waals surface area contributed by atoms with Crippen LogP contribution in [0.15, 0.2) is 71.8 Å². The minimum atomic E-state index is -1.41. The standard InChI is InChI=1S/C20H21PSSe/c1-14-15(2)20-21(22,13-16-9-5-3-6-10-16)18(14)19(23-20)17-11-7-4-8-12-17/h3-12,18-20H,13H2,1-2H3/t18-,19+,20-,21?/m1/s1. The molecule has 2 bridgehead atoms. The van der Waals surface area contributed by atoms with Gasteiger partial charge in [0, 0.05) is 0 Å². The molecule has 1 saturated heterocycles. The van der Waals surface area contributed by atoms with E-state index in [-0.39, 0.29) is 0 Å². The van der Waals surface area contributed by atoms with Crippen LogP contribution < -0.4 is 0 Å². The quantitative estimate of drug-likeness (QED) is 0.387. The van der Waals surface area contributed by atoms with Crippen molar-refractivity contribution in [2.75, 3.05) is 0 Å². The van der Waals surface area contributed by atoms with Gasteiger partial charge in [-0.1, -0.05) is 0 Å². The Morgan fingerprint density at radius 3 is 2.17 bits per heavy atom. The van der Waals surface area contributed by atoms with Crippen LogP contribution in [0.25, 0.3) is 0 Å². The average molecular weight is 403 g/mol. The molecular formula is C20H21PSSe. The molecule has 0 spiro atoms. The molecule has 0 N–H and O–H groups in total. The average Bonchev–Trinajstić information content (AvgIpc) is 2.96. The second-order valence-electron chi connectivity index (χ2n) is 6.63. The number of fused-ring (bicyclic) bond motifs is 2. The summed E-state index contributed by atoms with van der Waals surface area (Å²) in [7, 11) is 0. The molecule has 2 heterocycles. The molecule has 0 amide bonds. The van der Waals surface area contributed by atoms with Crippen LogP contribution in [0.3, 0.4) is 0 Å². The molecule has 1 unspecified atom stereocenters. The number of rotatable bonds is 3. The molecule has 23 heavy (non-hydrogen) atoms. The first-order valence-electron chi connectivity index (χ1n) is 8.11. The molecule has 4 rings (SSSR count). The molecule has 0 radical (unpaired) electrons. The zero-order valence-corrected chi connectivity index (χ0v) is 16.9. The van der Waals surface area contributed by atoms with Crippen molar-refractivity contribution >= 4 is 32.8 Å². The van der Waals surface area contributed by atoms with Crippen molar-refractivity contribution in [2.45, 2.75) is 35.0 Å². The predicted molar refractivity (Wildman–Crippen MR) is 105 cm³/mol. The summed E-state index contributed by atoms with van der Waals surface area (Å²) >= 11 is 7.08. The van der Waals surface area contributed by atoms with Crippen LogP contribution in [0.5, 0.6) is 0 Å². The van der Waals surface area contributed by atoms with Gasteiger partial charge in [-0.25, -0.2) is 0 Å². The number of allylic oxidation sites excluding steroid dienone is 2. The van der Waals surface area contributed by atoms with E-state index in [1.807, 2.05) is 0 Å². The molecule has 4 atom stereocenters. The van der Waals surface area contributed by atoms with Crippen molar-refractivity contribution in [3.05, 3.63) is 82.9 Å². The predicted octanol–water partition coefficient (Wildman–Crippen LogP) is 5.17. The normalized spacial score (nSPS) is 32.5. The van der Waals surface area contributed by atoms with Crippen LogP contribution in [-0.4, -0.2) is 25.2 Å². The summed E-state index contributed by atoms with van der Waals surface area (Å²) in [5.74, 6) is 0. The number of hydrogen-bond donors (Lipinski definition) is 0. The third-order valence-corrected chi connectivity index (χ3v) is 18.0. The maximum atomic E-state index is 6.47. The Kier molecular flexibility index (Phi) is 4.14. The Labute approximate surface area is 150 Å². The van der Waals surface area contributed by atoms with Crippen LogP contribution in [0.2, 0.25) is 0 Å². The third kappa shape index (κ3) is 2.52. The Balaban J connectivity index is 1.74. The number of hydrogen-bond acceptors (Lipinski definition) is 1. The van der Waals surface area contributed by atoms with E-state index < -0.39 is 6.04 Å².